The predicted octanol–water partition coefficient (Wildman–Crippen LogP) is 1.49. The molecule has 0 spiro atoms. The number of rotatable bonds is 6. The number of anilines is 1. The van der Waals surface area contributed by atoms with E-state index in [4.69, 9.17) is 9.47 Å². The number of morpholine rings is 1. The smallest absolute Gasteiger partial charge is 0.250 e. The molecule has 2 amide bonds. The quantitative estimate of drug-likeness (QED) is 0.694. The Balaban J connectivity index is 1.88. The van der Waals surface area contributed by atoms with Crippen LogP contribution in [0.1, 0.15) is 39.0 Å². The second kappa shape index (κ2) is 9.32. The van der Waals surface area contributed by atoms with Gasteiger partial charge >= 0.3 is 0 Å². The van der Waals surface area contributed by atoms with Gasteiger partial charge in [0.15, 0.2) is 0 Å². The van der Waals surface area contributed by atoms with E-state index in [1.165, 1.54) is 30.5 Å². The third-order valence-electron chi connectivity index (χ3n) is 5.57. The fourth-order valence-electron chi connectivity index (χ4n) is 4.03. The number of ether oxygens (including phenoxy) is 2. The van der Waals surface area contributed by atoms with Crippen LogP contribution >= 0.6 is 0 Å². The van der Waals surface area contributed by atoms with E-state index in [1.54, 1.807) is 6.07 Å². The maximum atomic E-state index is 13.1. The molecule has 2 fully saturated rings. The zero-order valence-electron chi connectivity index (χ0n) is 17.4. The first-order chi connectivity index (χ1) is 14.3. The van der Waals surface area contributed by atoms with E-state index >= 15 is 0 Å². The Hall–Kier alpha value is -2.17. The standard InChI is InChI=1S/C20H29N3O6S/c1-15(24)22-20(8-4-3-5-9-20)19(25)21-16-6-7-17(28-2)18(14-16)30(26,27)23-10-12-29-13-11-23/h6-7,14H,3-5,8-13H2,1-2H3,(H,21,25)(H,22,24). The van der Waals surface area contributed by atoms with Crippen molar-refractivity contribution >= 4 is 27.5 Å². The van der Waals surface area contributed by atoms with Crippen LogP contribution in [0.2, 0.25) is 0 Å². The SMILES string of the molecule is COc1ccc(NC(=O)C2(NC(C)=O)CCCCC2)cc1S(=O)(=O)N1CCOCC1. The monoisotopic (exact) mass is 439 g/mol. The van der Waals surface area contributed by atoms with Crippen molar-refractivity contribution in [2.24, 2.45) is 0 Å². The highest BCUT2D eigenvalue weighted by Gasteiger charge is 2.40. The number of amides is 2. The molecule has 1 aliphatic carbocycles. The Labute approximate surface area is 177 Å². The summed E-state index contributed by atoms with van der Waals surface area (Å²) < 4.78 is 38.1. The van der Waals surface area contributed by atoms with Gasteiger partial charge in [-0.05, 0) is 31.0 Å². The minimum atomic E-state index is -3.81. The van der Waals surface area contributed by atoms with Crippen LogP contribution in [0.25, 0.3) is 0 Å². The normalized spacial score (nSPS) is 19.7. The first kappa shape index (κ1) is 22.5. The van der Waals surface area contributed by atoms with E-state index < -0.39 is 15.6 Å². The molecule has 2 N–H and O–H groups in total. The first-order valence-electron chi connectivity index (χ1n) is 10.1. The molecule has 3 rings (SSSR count). The molecule has 30 heavy (non-hydrogen) atoms. The van der Waals surface area contributed by atoms with Crippen molar-refractivity contribution in [2.45, 2.75) is 49.5 Å². The summed E-state index contributed by atoms with van der Waals surface area (Å²) >= 11 is 0. The molecule has 0 atom stereocenters. The molecular weight excluding hydrogens is 410 g/mol. The van der Waals surface area contributed by atoms with E-state index in [2.05, 4.69) is 10.6 Å². The van der Waals surface area contributed by atoms with E-state index in [-0.39, 0.29) is 35.5 Å². The number of benzene rings is 1. The molecule has 1 aromatic carbocycles. The van der Waals surface area contributed by atoms with Crippen LogP contribution in [0.3, 0.4) is 0 Å². The maximum Gasteiger partial charge on any atom is 0.250 e. The molecule has 0 aromatic heterocycles. The molecule has 10 heteroatoms. The molecule has 1 heterocycles. The summed E-state index contributed by atoms with van der Waals surface area (Å²) in [4.78, 5) is 24.8. The minimum Gasteiger partial charge on any atom is -0.495 e. The molecule has 1 aromatic rings. The summed E-state index contributed by atoms with van der Waals surface area (Å²) in [5, 5.41) is 5.63. The molecule has 1 saturated carbocycles. The summed E-state index contributed by atoms with van der Waals surface area (Å²) in [5.41, 5.74) is -0.643. The van der Waals surface area contributed by atoms with Crippen LogP contribution in [0, 0.1) is 0 Å². The summed E-state index contributed by atoms with van der Waals surface area (Å²) in [6.45, 7) is 2.57. The Morgan fingerprint density at radius 1 is 1.13 bits per heavy atom. The summed E-state index contributed by atoms with van der Waals surface area (Å²) in [6.07, 6.45) is 3.79. The zero-order chi connectivity index (χ0) is 21.8. The number of carbonyl (C=O) groups excluding carboxylic acids is 2. The lowest BCUT2D eigenvalue weighted by Gasteiger charge is -2.36. The Morgan fingerprint density at radius 2 is 1.80 bits per heavy atom. The Kier molecular flexibility index (Phi) is 6.99. The van der Waals surface area contributed by atoms with Crippen molar-refractivity contribution in [3.8, 4) is 5.75 Å². The molecular formula is C20H29N3O6S. The van der Waals surface area contributed by atoms with Crippen molar-refractivity contribution in [1.29, 1.82) is 0 Å². The van der Waals surface area contributed by atoms with Gasteiger partial charge in [-0.25, -0.2) is 8.42 Å². The molecule has 0 bridgehead atoms. The minimum absolute atomic E-state index is 0.0121. The van der Waals surface area contributed by atoms with Crippen molar-refractivity contribution in [3.05, 3.63) is 18.2 Å². The molecule has 2 aliphatic rings. The molecule has 1 saturated heterocycles. The Morgan fingerprint density at radius 3 is 2.40 bits per heavy atom. The summed E-state index contributed by atoms with van der Waals surface area (Å²) in [6, 6.07) is 4.53. The number of methoxy groups -OCH3 is 1. The van der Waals surface area contributed by atoms with Gasteiger partial charge in [0.2, 0.25) is 21.8 Å². The summed E-state index contributed by atoms with van der Waals surface area (Å²) in [5.74, 6) is -0.400. The number of hydrogen-bond donors (Lipinski definition) is 2. The van der Waals surface area contributed by atoms with Crippen molar-refractivity contribution < 1.29 is 27.5 Å². The van der Waals surface area contributed by atoms with Gasteiger partial charge in [0, 0.05) is 25.7 Å². The number of nitrogens with zero attached hydrogens (tertiary/aromatic N) is 1. The third kappa shape index (κ3) is 4.76. The van der Waals surface area contributed by atoms with Crippen LogP contribution in [-0.2, 0) is 24.3 Å². The van der Waals surface area contributed by atoms with Gasteiger partial charge in [-0.1, -0.05) is 19.3 Å². The van der Waals surface area contributed by atoms with Crippen LogP contribution in [-0.4, -0.2) is 63.5 Å². The molecule has 0 radical (unpaired) electrons. The average Bonchev–Trinajstić information content (AvgIpc) is 2.74. The van der Waals surface area contributed by atoms with Crippen molar-refractivity contribution in [2.75, 3.05) is 38.7 Å². The van der Waals surface area contributed by atoms with Crippen LogP contribution in [0.4, 0.5) is 5.69 Å². The second-order valence-corrected chi connectivity index (χ2v) is 9.57. The van der Waals surface area contributed by atoms with E-state index in [1.807, 2.05) is 0 Å². The fraction of sp³-hybridized carbons (Fsp3) is 0.600. The molecule has 0 unspecified atom stereocenters. The highest BCUT2D eigenvalue weighted by atomic mass is 32.2. The number of nitrogens with one attached hydrogen (secondary N) is 2. The Bertz CT molecular complexity index is 890. The lowest BCUT2D eigenvalue weighted by Crippen LogP contribution is -2.57. The van der Waals surface area contributed by atoms with Gasteiger partial charge in [-0.15, -0.1) is 0 Å². The second-order valence-electron chi connectivity index (χ2n) is 7.66. The lowest BCUT2D eigenvalue weighted by molar-refractivity contribution is -0.130. The van der Waals surface area contributed by atoms with E-state index in [0.29, 0.717) is 31.7 Å². The molecule has 1 aliphatic heterocycles. The topological polar surface area (TPSA) is 114 Å². The van der Waals surface area contributed by atoms with E-state index in [9.17, 15) is 18.0 Å². The van der Waals surface area contributed by atoms with Gasteiger partial charge < -0.3 is 20.1 Å². The van der Waals surface area contributed by atoms with Gasteiger partial charge in [0.05, 0.1) is 20.3 Å². The number of hydrogen-bond acceptors (Lipinski definition) is 6. The highest BCUT2D eigenvalue weighted by molar-refractivity contribution is 7.89. The molecule has 166 valence electrons. The number of sulfonamides is 1. The first-order valence-corrected chi connectivity index (χ1v) is 11.6. The number of carbonyl (C=O) groups is 2. The lowest BCUT2D eigenvalue weighted by atomic mass is 9.80. The fourth-order valence-corrected chi connectivity index (χ4v) is 5.62. The van der Waals surface area contributed by atoms with Crippen LogP contribution < -0.4 is 15.4 Å². The summed E-state index contributed by atoms with van der Waals surface area (Å²) in [7, 11) is -2.41. The highest BCUT2D eigenvalue weighted by Crippen LogP contribution is 2.33. The van der Waals surface area contributed by atoms with Gasteiger partial charge in [0.1, 0.15) is 16.2 Å². The largest absolute Gasteiger partial charge is 0.495 e. The molecule has 9 nitrogen and oxygen atoms in total. The van der Waals surface area contributed by atoms with Crippen molar-refractivity contribution in [3.63, 3.8) is 0 Å². The van der Waals surface area contributed by atoms with Crippen LogP contribution in [0.15, 0.2) is 23.1 Å². The van der Waals surface area contributed by atoms with E-state index in [0.717, 1.165) is 19.3 Å². The third-order valence-corrected chi connectivity index (χ3v) is 7.49. The maximum absolute atomic E-state index is 13.1. The zero-order valence-corrected chi connectivity index (χ0v) is 18.2. The van der Waals surface area contributed by atoms with Crippen LogP contribution in [0.5, 0.6) is 5.75 Å². The van der Waals surface area contributed by atoms with Crippen molar-refractivity contribution in [1.82, 2.24) is 9.62 Å². The average molecular weight is 440 g/mol. The van der Waals surface area contributed by atoms with Gasteiger partial charge in [0.25, 0.3) is 0 Å². The van der Waals surface area contributed by atoms with Gasteiger partial charge in [-0.2, -0.15) is 4.31 Å². The van der Waals surface area contributed by atoms with Gasteiger partial charge in [-0.3, -0.25) is 9.59 Å². The predicted molar refractivity (Wildman–Crippen MR) is 111 cm³/mol.